The SMILES string of the molecule is CC(C)(C)OC(=O)Nc1c(O)cccc1CCCC1CCCC1(C)C(=O)O. The minimum Gasteiger partial charge on any atom is -0.506 e. The number of ether oxygens (including phenoxy) is 1. The van der Waals surface area contributed by atoms with E-state index >= 15 is 0 Å². The number of rotatable bonds is 6. The molecular weight excluding hydrogens is 346 g/mol. The molecule has 1 aliphatic carbocycles. The lowest BCUT2D eigenvalue weighted by Gasteiger charge is -2.27. The molecule has 0 saturated heterocycles. The number of aromatic hydroxyl groups is 1. The first-order valence-corrected chi connectivity index (χ1v) is 9.57. The number of hydrogen-bond donors (Lipinski definition) is 3. The third kappa shape index (κ3) is 5.37. The number of carbonyl (C=O) groups excluding carboxylic acids is 1. The molecule has 2 unspecified atom stereocenters. The minimum atomic E-state index is -0.713. The van der Waals surface area contributed by atoms with Gasteiger partial charge in [0.05, 0.1) is 11.1 Å². The number of aryl methyl sites for hydroxylation is 1. The van der Waals surface area contributed by atoms with Gasteiger partial charge >= 0.3 is 12.1 Å². The molecular formula is C21H31NO5. The van der Waals surface area contributed by atoms with Crippen molar-refractivity contribution >= 4 is 17.7 Å². The molecule has 2 atom stereocenters. The number of phenolic OH excluding ortho intramolecular Hbond substituents is 1. The molecule has 1 saturated carbocycles. The van der Waals surface area contributed by atoms with E-state index < -0.39 is 23.1 Å². The van der Waals surface area contributed by atoms with E-state index in [0.717, 1.165) is 37.7 Å². The monoisotopic (exact) mass is 377 g/mol. The highest BCUT2D eigenvalue weighted by Gasteiger charge is 2.44. The summed E-state index contributed by atoms with van der Waals surface area (Å²) in [7, 11) is 0. The Morgan fingerprint density at radius 1 is 1.33 bits per heavy atom. The van der Waals surface area contributed by atoms with Crippen LogP contribution in [0.15, 0.2) is 18.2 Å². The summed E-state index contributed by atoms with van der Waals surface area (Å²) in [6.45, 7) is 7.18. The molecule has 0 bridgehead atoms. The molecule has 0 spiro atoms. The van der Waals surface area contributed by atoms with Crippen molar-refractivity contribution in [3.8, 4) is 5.75 Å². The van der Waals surface area contributed by atoms with Gasteiger partial charge in [-0.25, -0.2) is 4.79 Å². The second kappa shape index (κ2) is 8.19. The van der Waals surface area contributed by atoms with Crippen LogP contribution in [-0.2, 0) is 16.0 Å². The van der Waals surface area contributed by atoms with Crippen molar-refractivity contribution in [2.24, 2.45) is 11.3 Å². The number of amides is 1. The summed E-state index contributed by atoms with van der Waals surface area (Å²) in [6, 6.07) is 5.12. The van der Waals surface area contributed by atoms with Gasteiger partial charge in [-0.15, -0.1) is 0 Å². The first kappa shape index (κ1) is 21.1. The molecule has 2 rings (SSSR count). The highest BCUT2D eigenvalue weighted by atomic mass is 16.6. The number of phenols is 1. The Kier molecular flexibility index (Phi) is 6.39. The maximum atomic E-state index is 12.1. The fraction of sp³-hybridized carbons (Fsp3) is 0.619. The van der Waals surface area contributed by atoms with Crippen LogP contribution >= 0.6 is 0 Å². The van der Waals surface area contributed by atoms with E-state index in [2.05, 4.69) is 5.32 Å². The summed E-state index contributed by atoms with van der Waals surface area (Å²) >= 11 is 0. The van der Waals surface area contributed by atoms with E-state index in [-0.39, 0.29) is 11.7 Å². The number of carbonyl (C=O) groups is 2. The number of hydrogen-bond acceptors (Lipinski definition) is 4. The Morgan fingerprint density at radius 3 is 2.67 bits per heavy atom. The van der Waals surface area contributed by atoms with Crippen LogP contribution in [0.3, 0.4) is 0 Å². The van der Waals surface area contributed by atoms with Crippen LogP contribution in [0.25, 0.3) is 0 Å². The van der Waals surface area contributed by atoms with Gasteiger partial charge in [-0.1, -0.05) is 18.6 Å². The number of aliphatic carboxylic acids is 1. The van der Waals surface area contributed by atoms with Crippen molar-refractivity contribution in [2.75, 3.05) is 5.32 Å². The average molecular weight is 377 g/mol. The van der Waals surface area contributed by atoms with Gasteiger partial charge in [0, 0.05) is 0 Å². The van der Waals surface area contributed by atoms with Crippen LogP contribution in [0, 0.1) is 11.3 Å². The van der Waals surface area contributed by atoms with Gasteiger partial charge in [-0.3, -0.25) is 10.1 Å². The van der Waals surface area contributed by atoms with E-state index in [1.807, 2.05) is 13.0 Å². The summed E-state index contributed by atoms with van der Waals surface area (Å²) < 4.78 is 5.26. The number of para-hydroxylation sites is 1. The zero-order valence-electron chi connectivity index (χ0n) is 16.7. The lowest BCUT2D eigenvalue weighted by Crippen LogP contribution is -2.31. The van der Waals surface area contributed by atoms with E-state index in [9.17, 15) is 19.8 Å². The topological polar surface area (TPSA) is 95.9 Å². The van der Waals surface area contributed by atoms with Gasteiger partial charge in [-0.2, -0.15) is 0 Å². The van der Waals surface area contributed by atoms with E-state index in [1.54, 1.807) is 26.8 Å². The van der Waals surface area contributed by atoms with Gasteiger partial charge in [0.1, 0.15) is 11.4 Å². The number of carboxylic acid groups (broad SMARTS) is 1. The quantitative estimate of drug-likeness (QED) is 0.609. The zero-order valence-corrected chi connectivity index (χ0v) is 16.7. The normalized spacial score (nSPS) is 22.4. The predicted octanol–water partition coefficient (Wildman–Crippen LogP) is 4.95. The maximum absolute atomic E-state index is 12.1. The van der Waals surface area contributed by atoms with Crippen LogP contribution in [0.1, 0.15) is 65.4 Å². The summed E-state index contributed by atoms with van der Waals surface area (Å²) in [5.74, 6) is -0.557. The molecule has 1 aromatic rings. The first-order valence-electron chi connectivity index (χ1n) is 9.57. The number of carboxylic acids is 1. The maximum Gasteiger partial charge on any atom is 0.412 e. The average Bonchev–Trinajstić information content (AvgIpc) is 2.91. The smallest absolute Gasteiger partial charge is 0.412 e. The lowest BCUT2D eigenvalue weighted by molar-refractivity contribution is -0.150. The molecule has 1 amide bonds. The fourth-order valence-corrected chi connectivity index (χ4v) is 3.87. The highest BCUT2D eigenvalue weighted by molar-refractivity contribution is 5.88. The van der Waals surface area contributed by atoms with Gasteiger partial charge in [-0.05, 0) is 77.3 Å². The van der Waals surface area contributed by atoms with E-state index in [0.29, 0.717) is 12.1 Å². The molecule has 6 heteroatoms. The summed E-state index contributed by atoms with van der Waals surface area (Å²) in [5, 5.41) is 22.3. The van der Waals surface area contributed by atoms with Crippen molar-refractivity contribution < 1.29 is 24.5 Å². The minimum absolute atomic E-state index is 0.00500. The molecule has 27 heavy (non-hydrogen) atoms. The Bertz CT molecular complexity index is 694. The van der Waals surface area contributed by atoms with Gasteiger partial charge in [0.2, 0.25) is 0 Å². The van der Waals surface area contributed by atoms with Crippen LogP contribution in [0.4, 0.5) is 10.5 Å². The lowest BCUT2D eigenvalue weighted by atomic mass is 9.77. The molecule has 1 aromatic carbocycles. The molecule has 0 aliphatic heterocycles. The molecule has 0 heterocycles. The Morgan fingerprint density at radius 2 is 2.04 bits per heavy atom. The Hall–Kier alpha value is -2.24. The van der Waals surface area contributed by atoms with Gasteiger partial charge in [0.25, 0.3) is 0 Å². The van der Waals surface area contributed by atoms with Gasteiger partial charge < -0.3 is 14.9 Å². The molecule has 150 valence electrons. The second-order valence-electron chi connectivity index (χ2n) is 8.64. The van der Waals surface area contributed by atoms with Gasteiger partial charge in [0.15, 0.2) is 0 Å². The van der Waals surface area contributed by atoms with Crippen LogP contribution < -0.4 is 5.32 Å². The zero-order chi connectivity index (χ0) is 20.2. The van der Waals surface area contributed by atoms with Crippen LogP contribution in [0.5, 0.6) is 5.75 Å². The summed E-state index contributed by atoms with van der Waals surface area (Å²) in [5.41, 5.74) is -0.0930. The van der Waals surface area contributed by atoms with Crippen LogP contribution in [-0.4, -0.2) is 27.9 Å². The van der Waals surface area contributed by atoms with Crippen LogP contribution in [0.2, 0.25) is 0 Å². The highest BCUT2D eigenvalue weighted by Crippen LogP contribution is 2.46. The number of anilines is 1. The van der Waals surface area contributed by atoms with Crippen molar-refractivity contribution in [1.29, 1.82) is 0 Å². The largest absolute Gasteiger partial charge is 0.506 e. The van der Waals surface area contributed by atoms with E-state index in [4.69, 9.17) is 4.74 Å². The van der Waals surface area contributed by atoms with E-state index in [1.165, 1.54) is 6.07 Å². The molecule has 6 nitrogen and oxygen atoms in total. The molecule has 1 aliphatic rings. The predicted molar refractivity (Wildman–Crippen MR) is 104 cm³/mol. The standard InChI is InChI=1S/C21H31NO5/c1-20(2,3)27-19(26)22-17-14(9-6-12-16(17)23)8-5-10-15-11-7-13-21(15,4)18(24)25/h6,9,12,15,23H,5,7-8,10-11,13H2,1-4H3,(H,22,26)(H,24,25). The molecule has 0 radical (unpaired) electrons. The fourth-order valence-electron chi connectivity index (χ4n) is 3.87. The Balaban J connectivity index is 2.02. The van der Waals surface area contributed by atoms with Crippen molar-refractivity contribution in [3.63, 3.8) is 0 Å². The molecule has 1 fully saturated rings. The summed E-state index contributed by atoms with van der Waals surface area (Å²) in [4.78, 5) is 23.7. The second-order valence-corrected chi connectivity index (χ2v) is 8.64. The first-order chi connectivity index (χ1) is 12.5. The Labute approximate surface area is 160 Å². The van der Waals surface area contributed by atoms with Crippen molar-refractivity contribution in [2.45, 2.75) is 71.8 Å². The molecule has 0 aromatic heterocycles. The van der Waals surface area contributed by atoms with Crippen molar-refractivity contribution in [1.82, 2.24) is 0 Å². The summed E-state index contributed by atoms with van der Waals surface area (Å²) in [6.07, 6.45) is 4.25. The number of nitrogens with one attached hydrogen (secondary N) is 1. The third-order valence-electron chi connectivity index (χ3n) is 5.39. The van der Waals surface area contributed by atoms with Crippen molar-refractivity contribution in [3.05, 3.63) is 23.8 Å². The molecule has 3 N–H and O–H groups in total. The third-order valence-corrected chi connectivity index (χ3v) is 5.39. The number of benzene rings is 1.